The van der Waals surface area contributed by atoms with Gasteiger partial charge in [-0.05, 0) is 12.8 Å². The van der Waals surface area contributed by atoms with E-state index in [-0.39, 0.29) is 51.6 Å². The summed E-state index contributed by atoms with van der Waals surface area (Å²) in [4.78, 5) is 57.5. The molecule has 0 aliphatic rings. The first-order chi connectivity index (χ1) is 12.8. The molecule has 0 aliphatic heterocycles. The Bertz CT molecular complexity index is 421. The van der Waals surface area contributed by atoms with Gasteiger partial charge >= 0.3 is 23.9 Å². The molecular formula is C14H26N2O12. The zero-order chi connectivity index (χ0) is 23.1. The highest BCUT2D eigenvalue weighted by Gasteiger charge is 2.00. The fraction of sp³-hybridized carbons (Fsp3) is 0.571. The van der Waals surface area contributed by atoms with Gasteiger partial charge in [-0.15, -0.1) is 0 Å². The van der Waals surface area contributed by atoms with Crippen LogP contribution in [0.5, 0.6) is 0 Å². The van der Waals surface area contributed by atoms with Crippen molar-refractivity contribution in [1.29, 1.82) is 0 Å². The van der Waals surface area contributed by atoms with Crippen LogP contribution in [0.4, 0.5) is 0 Å². The minimum absolute atomic E-state index is 0.0632. The largest absolute Gasteiger partial charge is 0.544 e. The Morgan fingerprint density at radius 3 is 0.750 bits per heavy atom. The first kappa shape index (κ1) is 32.4. The Kier molecular flexibility index (Phi) is 27.5. The Labute approximate surface area is 159 Å². The van der Waals surface area contributed by atoms with Crippen LogP contribution in [0.2, 0.25) is 0 Å². The SMILES string of the molecule is O=C(O)CCCC(=O)O.O=C(O)CCCC(=O)O.[NH3+]CC(=O)[O-].[NH3+]CC(=O)[O-]. The zero-order valence-corrected chi connectivity index (χ0v) is 15.1. The summed E-state index contributed by atoms with van der Waals surface area (Å²) in [5.41, 5.74) is 6.05. The highest BCUT2D eigenvalue weighted by molar-refractivity contribution is 5.70. The topological polar surface area (TPSA) is 285 Å². The molecule has 0 aliphatic carbocycles. The minimum atomic E-state index is -1.11. The molecule has 0 bridgehead atoms. The van der Waals surface area contributed by atoms with E-state index in [1.54, 1.807) is 0 Å². The van der Waals surface area contributed by atoms with Crippen LogP contribution >= 0.6 is 0 Å². The van der Waals surface area contributed by atoms with Crippen molar-refractivity contribution < 1.29 is 70.9 Å². The summed E-state index contributed by atoms with van der Waals surface area (Å²) in [6, 6.07) is 0. The van der Waals surface area contributed by atoms with Crippen LogP contribution in [-0.2, 0) is 28.8 Å². The number of aliphatic carboxylic acids is 6. The molecule has 0 aromatic carbocycles. The third kappa shape index (κ3) is 66.2. The van der Waals surface area contributed by atoms with Crippen molar-refractivity contribution in [2.45, 2.75) is 38.5 Å². The van der Waals surface area contributed by atoms with Crippen LogP contribution in [0.3, 0.4) is 0 Å². The summed E-state index contributed by atoms with van der Waals surface area (Å²) in [6.45, 7) is -0.278. The number of rotatable bonds is 10. The lowest BCUT2D eigenvalue weighted by Crippen LogP contribution is -2.58. The first-order valence-electron chi connectivity index (χ1n) is 7.65. The van der Waals surface area contributed by atoms with E-state index in [1.807, 2.05) is 0 Å². The average molecular weight is 414 g/mol. The van der Waals surface area contributed by atoms with Gasteiger partial charge in [0.15, 0.2) is 0 Å². The average Bonchev–Trinajstić information content (AvgIpc) is 2.55. The third-order valence-corrected chi connectivity index (χ3v) is 1.97. The van der Waals surface area contributed by atoms with Crippen LogP contribution in [0, 0.1) is 0 Å². The van der Waals surface area contributed by atoms with E-state index < -0.39 is 35.8 Å². The lowest BCUT2D eigenvalue weighted by Gasteiger charge is -1.89. The number of carbonyl (C=O) groups is 6. The molecule has 28 heavy (non-hydrogen) atoms. The normalized spacial score (nSPS) is 8.36. The number of carbonyl (C=O) groups excluding carboxylic acids is 2. The molecule has 14 heteroatoms. The molecule has 164 valence electrons. The molecule has 14 nitrogen and oxygen atoms in total. The summed E-state index contributed by atoms with van der Waals surface area (Å²) >= 11 is 0. The number of quaternary nitrogens is 2. The monoisotopic (exact) mass is 414 g/mol. The van der Waals surface area contributed by atoms with E-state index in [9.17, 15) is 39.0 Å². The van der Waals surface area contributed by atoms with Crippen molar-refractivity contribution in [3.63, 3.8) is 0 Å². The molecule has 0 aromatic heterocycles. The highest BCUT2D eigenvalue weighted by Crippen LogP contribution is 1.94. The fourth-order valence-electron chi connectivity index (χ4n) is 0.782. The number of carboxylic acid groups (broad SMARTS) is 6. The van der Waals surface area contributed by atoms with Gasteiger partial charge in [0.2, 0.25) is 0 Å². The number of hydrogen-bond acceptors (Lipinski definition) is 8. The summed E-state index contributed by atoms with van der Waals surface area (Å²) < 4.78 is 0. The quantitative estimate of drug-likeness (QED) is 0.195. The molecule has 0 heterocycles. The molecule has 0 saturated carbocycles. The zero-order valence-electron chi connectivity index (χ0n) is 15.1. The lowest BCUT2D eigenvalue weighted by molar-refractivity contribution is -0.396. The first-order valence-corrected chi connectivity index (χ1v) is 7.65. The van der Waals surface area contributed by atoms with Gasteiger partial charge in [0, 0.05) is 25.7 Å². The van der Waals surface area contributed by atoms with Gasteiger partial charge < -0.3 is 51.7 Å². The van der Waals surface area contributed by atoms with Crippen LogP contribution in [0.1, 0.15) is 38.5 Å². The van der Waals surface area contributed by atoms with E-state index in [4.69, 9.17) is 20.4 Å². The summed E-state index contributed by atoms with van der Waals surface area (Å²) in [5.74, 6) is -6.00. The molecule has 0 radical (unpaired) electrons. The van der Waals surface area contributed by atoms with Crippen molar-refractivity contribution >= 4 is 35.8 Å². The van der Waals surface area contributed by atoms with Crippen LogP contribution in [0.25, 0.3) is 0 Å². The maximum atomic E-state index is 9.79. The Balaban J connectivity index is -0.000000143. The van der Waals surface area contributed by atoms with Crippen LogP contribution < -0.4 is 21.7 Å². The van der Waals surface area contributed by atoms with E-state index in [0.717, 1.165) is 0 Å². The van der Waals surface area contributed by atoms with E-state index in [0.29, 0.717) is 0 Å². The standard InChI is InChI=1S/2C5H8O4.2C2H5NO2/c2*6-4(7)2-1-3-5(8)9;2*3-1-2(4)5/h2*1-3H2,(H,6,7)(H,8,9);2*1,3H2,(H,4,5). The second kappa shape index (κ2) is 23.7. The molecule has 0 spiro atoms. The molecule has 0 atom stereocenters. The molecule has 0 saturated heterocycles. The van der Waals surface area contributed by atoms with Gasteiger partial charge in [0.05, 0.1) is 11.9 Å². The predicted molar refractivity (Wildman–Crippen MR) is 83.8 cm³/mol. The Morgan fingerprint density at radius 1 is 0.536 bits per heavy atom. The van der Waals surface area contributed by atoms with Gasteiger partial charge in [0.25, 0.3) is 0 Å². The van der Waals surface area contributed by atoms with Crippen molar-refractivity contribution in [2.75, 3.05) is 13.1 Å². The fourth-order valence-corrected chi connectivity index (χ4v) is 0.782. The van der Waals surface area contributed by atoms with E-state index in [1.165, 1.54) is 0 Å². The molecular weight excluding hydrogens is 388 g/mol. The van der Waals surface area contributed by atoms with Crippen LogP contribution in [0.15, 0.2) is 0 Å². The van der Waals surface area contributed by atoms with E-state index >= 15 is 0 Å². The van der Waals surface area contributed by atoms with Gasteiger partial charge in [-0.2, -0.15) is 0 Å². The van der Waals surface area contributed by atoms with Crippen molar-refractivity contribution in [3.8, 4) is 0 Å². The number of hydrogen-bond donors (Lipinski definition) is 6. The van der Waals surface area contributed by atoms with E-state index in [2.05, 4.69) is 11.5 Å². The Hall–Kier alpha value is -3.26. The van der Waals surface area contributed by atoms with Gasteiger partial charge in [-0.3, -0.25) is 19.2 Å². The maximum Gasteiger partial charge on any atom is 0.303 e. The third-order valence-electron chi connectivity index (χ3n) is 1.97. The minimum Gasteiger partial charge on any atom is -0.544 e. The lowest BCUT2D eigenvalue weighted by atomic mass is 10.2. The van der Waals surface area contributed by atoms with Crippen LogP contribution in [-0.4, -0.2) is 69.3 Å². The smallest absolute Gasteiger partial charge is 0.303 e. The highest BCUT2D eigenvalue weighted by atomic mass is 16.4. The summed E-state index contributed by atoms with van der Waals surface area (Å²) in [6.07, 6.45) is 0.173. The van der Waals surface area contributed by atoms with Gasteiger partial charge in [-0.1, -0.05) is 0 Å². The molecule has 0 rings (SSSR count). The Morgan fingerprint density at radius 2 is 0.679 bits per heavy atom. The molecule has 0 aromatic rings. The summed E-state index contributed by atoms with van der Waals surface area (Å²) in [7, 11) is 0. The van der Waals surface area contributed by atoms with Gasteiger partial charge in [-0.25, -0.2) is 0 Å². The second-order valence-electron chi connectivity index (χ2n) is 4.53. The second-order valence-corrected chi connectivity index (χ2v) is 4.53. The van der Waals surface area contributed by atoms with Crippen molar-refractivity contribution in [3.05, 3.63) is 0 Å². The maximum absolute atomic E-state index is 9.79. The van der Waals surface area contributed by atoms with Crippen molar-refractivity contribution in [2.24, 2.45) is 0 Å². The van der Waals surface area contributed by atoms with Crippen molar-refractivity contribution in [1.82, 2.24) is 0 Å². The molecule has 0 amide bonds. The molecule has 0 fully saturated rings. The molecule has 0 unspecified atom stereocenters. The summed E-state index contributed by atoms with van der Waals surface area (Å²) in [5, 5.41) is 50.5. The predicted octanol–water partition coefficient (Wildman–Crippen LogP) is -5.39. The molecule has 10 N–H and O–H groups in total. The van der Waals surface area contributed by atoms with Gasteiger partial charge in [0.1, 0.15) is 13.1 Å². The number of carboxylic acids is 6.